The van der Waals surface area contributed by atoms with E-state index in [1.165, 1.54) is 43.4 Å². The van der Waals surface area contributed by atoms with Gasteiger partial charge in [0.2, 0.25) is 0 Å². The molecule has 1 aromatic heterocycles. The van der Waals surface area contributed by atoms with Crippen LogP contribution in [0.2, 0.25) is 0 Å². The summed E-state index contributed by atoms with van der Waals surface area (Å²) in [6, 6.07) is 63.3. The summed E-state index contributed by atoms with van der Waals surface area (Å²) in [4.78, 5) is 2.41. The van der Waals surface area contributed by atoms with Gasteiger partial charge in [0, 0.05) is 33.1 Å². The highest BCUT2D eigenvalue weighted by molar-refractivity contribution is 6.25. The SMILES string of the molecule is c1ccc(-c2ccc(N(c3cccc(-c4cccc5c4oc4ccccc45)c3)c3ccc4ccc5cccc6ccc3c4c56)cc2)cc1. The molecule has 9 aromatic carbocycles. The molecular weight excluding hydrogens is 583 g/mol. The van der Waals surface area contributed by atoms with Gasteiger partial charge in [0.05, 0.1) is 5.69 Å². The number of fused-ring (bicyclic) bond motifs is 3. The van der Waals surface area contributed by atoms with Gasteiger partial charge in [-0.1, -0.05) is 140 Å². The zero-order chi connectivity index (χ0) is 31.6. The predicted octanol–water partition coefficient (Wildman–Crippen LogP) is 13.3. The van der Waals surface area contributed by atoms with Crippen LogP contribution in [0.5, 0.6) is 0 Å². The van der Waals surface area contributed by atoms with Crippen LogP contribution in [0.15, 0.2) is 180 Å². The highest BCUT2D eigenvalue weighted by Gasteiger charge is 2.20. The summed E-state index contributed by atoms with van der Waals surface area (Å²) in [5, 5.41) is 9.91. The fourth-order valence-electron chi connectivity index (χ4n) is 7.56. The van der Waals surface area contributed by atoms with Gasteiger partial charge in [-0.15, -0.1) is 0 Å². The van der Waals surface area contributed by atoms with Crippen LogP contribution in [0.1, 0.15) is 0 Å². The number of anilines is 3. The van der Waals surface area contributed by atoms with E-state index in [9.17, 15) is 0 Å². The molecule has 0 N–H and O–H groups in total. The van der Waals surface area contributed by atoms with Gasteiger partial charge in [-0.05, 0) is 80.0 Å². The van der Waals surface area contributed by atoms with Gasteiger partial charge in [0.15, 0.2) is 0 Å². The molecule has 0 aliphatic rings. The summed E-state index contributed by atoms with van der Waals surface area (Å²) in [6.07, 6.45) is 0. The van der Waals surface area contributed by atoms with Gasteiger partial charge < -0.3 is 9.32 Å². The van der Waals surface area contributed by atoms with Crippen LogP contribution < -0.4 is 4.90 Å². The zero-order valence-corrected chi connectivity index (χ0v) is 26.1. The fraction of sp³-hybridized carbons (Fsp3) is 0. The van der Waals surface area contributed by atoms with Crippen molar-refractivity contribution in [2.24, 2.45) is 0 Å². The van der Waals surface area contributed by atoms with Crippen molar-refractivity contribution in [3.63, 3.8) is 0 Å². The van der Waals surface area contributed by atoms with E-state index in [4.69, 9.17) is 4.42 Å². The van der Waals surface area contributed by atoms with Gasteiger partial charge in [-0.25, -0.2) is 0 Å². The summed E-state index contributed by atoms with van der Waals surface area (Å²) in [5.74, 6) is 0. The standard InChI is InChI=1S/C46H29NO/c1-2-9-30(10-3-1)31-21-25-36(26-22-31)47(42-28-24-34-20-19-32-11-6-12-33-23-27-41(42)45(34)44(32)33)37-14-7-13-35(29-37)38-16-8-17-40-39-15-4-5-18-43(39)48-46(38)40/h1-29H. The van der Waals surface area contributed by atoms with Crippen molar-refractivity contribution < 1.29 is 4.42 Å². The third-order valence-electron chi connectivity index (χ3n) is 9.80. The molecule has 0 spiro atoms. The van der Waals surface area contributed by atoms with E-state index < -0.39 is 0 Å². The second kappa shape index (κ2) is 10.6. The van der Waals surface area contributed by atoms with Crippen molar-refractivity contribution in [3.8, 4) is 22.3 Å². The van der Waals surface area contributed by atoms with Gasteiger partial charge >= 0.3 is 0 Å². The Morgan fingerprint density at radius 2 is 1.02 bits per heavy atom. The number of nitrogens with zero attached hydrogens (tertiary/aromatic N) is 1. The van der Waals surface area contributed by atoms with Crippen molar-refractivity contribution in [2.75, 3.05) is 4.90 Å². The minimum absolute atomic E-state index is 0.907. The lowest BCUT2D eigenvalue weighted by molar-refractivity contribution is 0.670. The van der Waals surface area contributed by atoms with Crippen molar-refractivity contribution in [1.82, 2.24) is 0 Å². The molecule has 0 atom stereocenters. The lowest BCUT2D eigenvalue weighted by atomic mass is 9.93. The molecule has 0 radical (unpaired) electrons. The summed E-state index contributed by atoms with van der Waals surface area (Å²) >= 11 is 0. The maximum atomic E-state index is 6.47. The van der Waals surface area contributed by atoms with Crippen LogP contribution in [0.25, 0.3) is 76.5 Å². The van der Waals surface area contributed by atoms with Crippen LogP contribution in [0.4, 0.5) is 17.1 Å². The van der Waals surface area contributed by atoms with Crippen LogP contribution in [0.3, 0.4) is 0 Å². The van der Waals surface area contributed by atoms with E-state index >= 15 is 0 Å². The van der Waals surface area contributed by atoms with Gasteiger partial charge in [0.1, 0.15) is 11.2 Å². The first-order valence-corrected chi connectivity index (χ1v) is 16.4. The smallest absolute Gasteiger partial charge is 0.143 e. The zero-order valence-electron chi connectivity index (χ0n) is 26.1. The molecule has 1 heterocycles. The quantitative estimate of drug-likeness (QED) is 0.180. The first-order chi connectivity index (χ1) is 23.8. The van der Waals surface area contributed by atoms with E-state index in [1.807, 2.05) is 12.1 Å². The van der Waals surface area contributed by atoms with E-state index in [1.54, 1.807) is 0 Å². The average Bonchev–Trinajstić information content (AvgIpc) is 3.54. The maximum absolute atomic E-state index is 6.47. The first kappa shape index (κ1) is 26.8. The third kappa shape index (κ3) is 4.13. The molecule has 0 saturated carbocycles. The van der Waals surface area contributed by atoms with Gasteiger partial charge in [-0.3, -0.25) is 0 Å². The van der Waals surface area contributed by atoms with Crippen molar-refractivity contribution in [2.45, 2.75) is 0 Å². The number of hydrogen-bond acceptors (Lipinski definition) is 2. The third-order valence-corrected chi connectivity index (χ3v) is 9.80. The Kier molecular flexibility index (Phi) is 5.91. The largest absolute Gasteiger partial charge is 0.455 e. The lowest BCUT2D eigenvalue weighted by Gasteiger charge is -2.28. The molecule has 0 unspecified atom stereocenters. The minimum atomic E-state index is 0.907. The fourth-order valence-corrected chi connectivity index (χ4v) is 7.56. The summed E-state index contributed by atoms with van der Waals surface area (Å²) < 4.78 is 6.47. The van der Waals surface area contributed by atoms with Crippen molar-refractivity contribution in [3.05, 3.63) is 176 Å². The number of hydrogen-bond donors (Lipinski definition) is 0. The van der Waals surface area contributed by atoms with Gasteiger partial charge in [-0.2, -0.15) is 0 Å². The molecule has 2 heteroatoms. The molecule has 0 aliphatic heterocycles. The molecule has 0 bridgehead atoms. The molecule has 2 nitrogen and oxygen atoms in total. The normalized spacial score (nSPS) is 11.8. The monoisotopic (exact) mass is 611 g/mol. The average molecular weight is 612 g/mol. The minimum Gasteiger partial charge on any atom is -0.455 e. The molecular formula is C46H29NO. The topological polar surface area (TPSA) is 16.4 Å². The van der Waals surface area contributed by atoms with Crippen LogP contribution >= 0.6 is 0 Å². The second-order valence-corrected chi connectivity index (χ2v) is 12.5. The van der Waals surface area contributed by atoms with Crippen LogP contribution in [-0.2, 0) is 0 Å². The lowest BCUT2D eigenvalue weighted by Crippen LogP contribution is -2.10. The molecule has 10 aromatic rings. The summed E-state index contributed by atoms with van der Waals surface area (Å²) in [5.41, 5.74) is 9.75. The molecule has 224 valence electrons. The number of furan rings is 1. The Labute approximate surface area is 278 Å². The molecule has 0 saturated heterocycles. The number of rotatable bonds is 5. The Balaban J connectivity index is 1.20. The van der Waals surface area contributed by atoms with E-state index in [-0.39, 0.29) is 0 Å². The van der Waals surface area contributed by atoms with Crippen molar-refractivity contribution >= 4 is 71.3 Å². The number of para-hydroxylation sites is 2. The maximum Gasteiger partial charge on any atom is 0.143 e. The molecule has 48 heavy (non-hydrogen) atoms. The van der Waals surface area contributed by atoms with E-state index in [0.717, 1.165) is 50.1 Å². The molecule has 0 fully saturated rings. The second-order valence-electron chi connectivity index (χ2n) is 12.5. The molecule has 0 aliphatic carbocycles. The Bertz CT molecular complexity index is 2760. The highest BCUT2D eigenvalue weighted by Crippen LogP contribution is 2.45. The van der Waals surface area contributed by atoms with Crippen molar-refractivity contribution in [1.29, 1.82) is 0 Å². The number of benzene rings is 9. The molecule has 0 amide bonds. The predicted molar refractivity (Wildman–Crippen MR) is 203 cm³/mol. The van der Waals surface area contributed by atoms with E-state index in [0.29, 0.717) is 0 Å². The van der Waals surface area contributed by atoms with Gasteiger partial charge in [0.25, 0.3) is 0 Å². The Morgan fingerprint density at radius 3 is 1.88 bits per heavy atom. The van der Waals surface area contributed by atoms with Crippen LogP contribution in [0, 0.1) is 0 Å². The molecule has 10 rings (SSSR count). The Hall–Kier alpha value is -6.38. The Morgan fingerprint density at radius 1 is 0.375 bits per heavy atom. The first-order valence-electron chi connectivity index (χ1n) is 16.4. The summed E-state index contributed by atoms with van der Waals surface area (Å²) in [7, 11) is 0. The highest BCUT2D eigenvalue weighted by atomic mass is 16.3. The van der Waals surface area contributed by atoms with Crippen LogP contribution in [-0.4, -0.2) is 0 Å². The summed E-state index contributed by atoms with van der Waals surface area (Å²) in [6.45, 7) is 0. The van der Waals surface area contributed by atoms with E-state index in [2.05, 4.69) is 169 Å².